The molecule has 1 fully saturated rings. The number of aromatic nitrogens is 1. The Morgan fingerprint density at radius 2 is 2.19 bits per heavy atom. The van der Waals surface area contributed by atoms with Gasteiger partial charge in [0.25, 0.3) is 0 Å². The molecule has 1 aromatic heterocycles. The van der Waals surface area contributed by atoms with Gasteiger partial charge in [0.2, 0.25) is 0 Å². The first-order valence-electron chi connectivity index (χ1n) is 5.50. The molecule has 0 saturated carbocycles. The van der Waals surface area contributed by atoms with E-state index in [0.29, 0.717) is 0 Å². The number of hydrogen-bond donors (Lipinski definition) is 1. The Kier molecular flexibility index (Phi) is 4.09. The van der Waals surface area contributed by atoms with Crippen LogP contribution >= 0.6 is 15.9 Å². The van der Waals surface area contributed by atoms with E-state index in [1.807, 2.05) is 18.3 Å². The number of nitrogens with zero attached hydrogens (tertiary/aromatic N) is 2. The van der Waals surface area contributed by atoms with Crippen molar-refractivity contribution in [1.82, 2.24) is 15.2 Å². The first kappa shape index (κ1) is 11.8. The third kappa shape index (κ3) is 2.70. The van der Waals surface area contributed by atoms with Gasteiger partial charge in [-0.05, 0) is 28.1 Å². The summed E-state index contributed by atoms with van der Waals surface area (Å²) < 4.78 is 1.01. The van der Waals surface area contributed by atoms with Crippen LogP contribution in [-0.2, 0) is 0 Å². The predicted octanol–water partition coefficient (Wildman–Crippen LogP) is 1.98. The first-order valence-corrected chi connectivity index (χ1v) is 6.29. The summed E-state index contributed by atoms with van der Waals surface area (Å²) in [6, 6.07) is 4.31. The standard InChI is InChI=1S/C12H16BrN3/c1-2-12(16-7-5-14-6-8-16)11-4-3-10(13)9-15-11/h2-4,9,12,14H,1,5-8H2/t12-/m1/s1. The molecule has 1 atom stereocenters. The Bertz CT molecular complexity index is 344. The molecule has 0 spiro atoms. The van der Waals surface area contributed by atoms with Crippen molar-refractivity contribution in [3.05, 3.63) is 41.2 Å². The lowest BCUT2D eigenvalue weighted by Crippen LogP contribution is -2.44. The molecule has 0 bridgehead atoms. The van der Waals surface area contributed by atoms with Gasteiger partial charge in [0.05, 0.1) is 11.7 Å². The van der Waals surface area contributed by atoms with E-state index in [-0.39, 0.29) is 6.04 Å². The molecule has 16 heavy (non-hydrogen) atoms. The molecule has 2 rings (SSSR count). The topological polar surface area (TPSA) is 28.2 Å². The molecule has 0 radical (unpaired) electrons. The van der Waals surface area contributed by atoms with Gasteiger partial charge in [0, 0.05) is 36.8 Å². The van der Waals surface area contributed by atoms with E-state index >= 15 is 0 Å². The van der Waals surface area contributed by atoms with Crippen molar-refractivity contribution in [1.29, 1.82) is 0 Å². The maximum Gasteiger partial charge on any atom is 0.0704 e. The molecule has 2 heterocycles. The predicted molar refractivity (Wildman–Crippen MR) is 69.3 cm³/mol. The fourth-order valence-corrected chi connectivity index (χ4v) is 2.21. The molecule has 1 aromatic rings. The van der Waals surface area contributed by atoms with E-state index in [9.17, 15) is 0 Å². The molecule has 4 heteroatoms. The Morgan fingerprint density at radius 3 is 2.75 bits per heavy atom. The molecule has 1 aliphatic rings. The van der Waals surface area contributed by atoms with Crippen molar-refractivity contribution in [2.45, 2.75) is 6.04 Å². The first-order chi connectivity index (χ1) is 7.81. The lowest BCUT2D eigenvalue weighted by Gasteiger charge is -2.32. The van der Waals surface area contributed by atoms with Gasteiger partial charge in [0.15, 0.2) is 0 Å². The highest BCUT2D eigenvalue weighted by Gasteiger charge is 2.19. The maximum absolute atomic E-state index is 4.44. The summed E-state index contributed by atoms with van der Waals surface area (Å²) in [5, 5.41) is 3.35. The molecular weight excluding hydrogens is 266 g/mol. The zero-order valence-electron chi connectivity index (χ0n) is 9.19. The van der Waals surface area contributed by atoms with Crippen LogP contribution in [0.2, 0.25) is 0 Å². The molecule has 86 valence electrons. The van der Waals surface area contributed by atoms with Crippen molar-refractivity contribution in [3.8, 4) is 0 Å². The highest BCUT2D eigenvalue weighted by Crippen LogP contribution is 2.21. The van der Waals surface area contributed by atoms with Crippen LogP contribution in [0.5, 0.6) is 0 Å². The van der Waals surface area contributed by atoms with Crippen LogP contribution in [-0.4, -0.2) is 36.1 Å². The van der Waals surface area contributed by atoms with Crippen molar-refractivity contribution < 1.29 is 0 Å². The molecule has 1 N–H and O–H groups in total. The summed E-state index contributed by atoms with van der Waals surface area (Å²) in [6.45, 7) is 8.11. The normalized spacial score (nSPS) is 19.3. The van der Waals surface area contributed by atoms with Crippen molar-refractivity contribution >= 4 is 15.9 Å². The Labute approximate surface area is 105 Å². The van der Waals surface area contributed by atoms with E-state index < -0.39 is 0 Å². The minimum atomic E-state index is 0.232. The van der Waals surface area contributed by atoms with Crippen LogP contribution in [0.25, 0.3) is 0 Å². The highest BCUT2D eigenvalue weighted by molar-refractivity contribution is 9.10. The third-order valence-corrected chi connectivity index (χ3v) is 3.29. The largest absolute Gasteiger partial charge is 0.314 e. The fraction of sp³-hybridized carbons (Fsp3) is 0.417. The van der Waals surface area contributed by atoms with E-state index in [2.05, 4.69) is 43.8 Å². The third-order valence-electron chi connectivity index (χ3n) is 2.82. The average Bonchev–Trinajstić information content (AvgIpc) is 2.34. The van der Waals surface area contributed by atoms with Crippen molar-refractivity contribution in [3.63, 3.8) is 0 Å². The van der Waals surface area contributed by atoms with Crippen LogP contribution in [0, 0.1) is 0 Å². The molecule has 0 aromatic carbocycles. The number of nitrogens with one attached hydrogen (secondary N) is 1. The smallest absolute Gasteiger partial charge is 0.0704 e. The summed E-state index contributed by atoms with van der Waals surface area (Å²) in [5.41, 5.74) is 1.07. The fourth-order valence-electron chi connectivity index (χ4n) is 1.98. The summed E-state index contributed by atoms with van der Waals surface area (Å²) in [4.78, 5) is 6.85. The van der Waals surface area contributed by atoms with Gasteiger partial charge < -0.3 is 5.32 Å². The van der Waals surface area contributed by atoms with Crippen molar-refractivity contribution in [2.75, 3.05) is 26.2 Å². The van der Waals surface area contributed by atoms with Gasteiger partial charge in [-0.1, -0.05) is 6.08 Å². The molecule has 1 saturated heterocycles. The molecule has 0 aliphatic carbocycles. The SMILES string of the molecule is C=C[C@H](c1ccc(Br)cn1)N1CCNCC1. The number of pyridine rings is 1. The van der Waals surface area contributed by atoms with Gasteiger partial charge in [-0.2, -0.15) is 0 Å². The van der Waals surface area contributed by atoms with Crippen molar-refractivity contribution in [2.24, 2.45) is 0 Å². The Balaban J connectivity index is 2.14. The maximum atomic E-state index is 4.44. The van der Waals surface area contributed by atoms with Gasteiger partial charge in [0.1, 0.15) is 0 Å². The molecule has 3 nitrogen and oxygen atoms in total. The van der Waals surface area contributed by atoms with E-state index in [1.54, 1.807) is 0 Å². The van der Waals surface area contributed by atoms with Crippen LogP contribution in [0.1, 0.15) is 11.7 Å². The Morgan fingerprint density at radius 1 is 1.44 bits per heavy atom. The van der Waals surface area contributed by atoms with E-state index in [4.69, 9.17) is 0 Å². The van der Waals surface area contributed by atoms with Crippen LogP contribution in [0.3, 0.4) is 0 Å². The van der Waals surface area contributed by atoms with E-state index in [0.717, 1.165) is 36.3 Å². The number of hydrogen-bond acceptors (Lipinski definition) is 3. The average molecular weight is 282 g/mol. The summed E-state index contributed by atoms with van der Waals surface area (Å²) in [6.07, 6.45) is 3.82. The lowest BCUT2D eigenvalue weighted by atomic mass is 10.1. The summed E-state index contributed by atoms with van der Waals surface area (Å²) in [5.74, 6) is 0. The Hall–Kier alpha value is -0.710. The minimum Gasteiger partial charge on any atom is -0.314 e. The second kappa shape index (κ2) is 5.57. The van der Waals surface area contributed by atoms with E-state index in [1.165, 1.54) is 0 Å². The number of piperazine rings is 1. The van der Waals surface area contributed by atoms with Crippen LogP contribution in [0.15, 0.2) is 35.5 Å². The molecule has 0 amide bonds. The summed E-state index contributed by atoms with van der Waals surface area (Å²) >= 11 is 3.40. The highest BCUT2D eigenvalue weighted by atomic mass is 79.9. The number of halogens is 1. The quantitative estimate of drug-likeness (QED) is 0.859. The molecule has 0 unspecified atom stereocenters. The van der Waals surface area contributed by atoms with Gasteiger partial charge in [-0.25, -0.2) is 0 Å². The monoisotopic (exact) mass is 281 g/mol. The number of rotatable bonds is 3. The van der Waals surface area contributed by atoms with Gasteiger partial charge in [-0.3, -0.25) is 9.88 Å². The second-order valence-electron chi connectivity index (χ2n) is 3.87. The second-order valence-corrected chi connectivity index (χ2v) is 4.78. The summed E-state index contributed by atoms with van der Waals surface area (Å²) in [7, 11) is 0. The lowest BCUT2D eigenvalue weighted by molar-refractivity contribution is 0.200. The van der Waals surface area contributed by atoms with Gasteiger partial charge >= 0.3 is 0 Å². The van der Waals surface area contributed by atoms with Crippen LogP contribution in [0.4, 0.5) is 0 Å². The molecule has 1 aliphatic heterocycles. The zero-order chi connectivity index (χ0) is 11.4. The zero-order valence-corrected chi connectivity index (χ0v) is 10.8. The van der Waals surface area contributed by atoms with Crippen LogP contribution < -0.4 is 5.32 Å². The molecular formula is C12H16BrN3. The van der Waals surface area contributed by atoms with Gasteiger partial charge in [-0.15, -0.1) is 6.58 Å². The minimum absolute atomic E-state index is 0.232.